The Balaban J connectivity index is 1.74. The lowest BCUT2D eigenvalue weighted by Crippen LogP contribution is -2.17. The Morgan fingerprint density at radius 2 is 1.60 bits per heavy atom. The smallest absolute Gasteiger partial charge is 0.271 e. The summed E-state index contributed by atoms with van der Waals surface area (Å²) in [6, 6.07) is 10.2. The quantitative estimate of drug-likeness (QED) is 0.100. The van der Waals surface area contributed by atoms with Crippen molar-refractivity contribution < 1.29 is 19.2 Å². The Bertz CT molecular complexity index is 1290. The second kappa shape index (κ2) is 11.8. The van der Waals surface area contributed by atoms with Crippen LogP contribution in [0, 0.1) is 10.1 Å². The molecule has 35 heavy (non-hydrogen) atoms. The molecule has 0 saturated carbocycles. The number of nitro groups is 1. The first-order valence-electron chi connectivity index (χ1n) is 9.53. The Morgan fingerprint density at radius 3 is 2.17 bits per heavy atom. The van der Waals surface area contributed by atoms with Crippen LogP contribution < -0.4 is 14.9 Å². The zero-order valence-electron chi connectivity index (χ0n) is 17.7. The van der Waals surface area contributed by atoms with Gasteiger partial charge in [0.05, 0.1) is 33.3 Å². The van der Waals surface area contributed by atoms with Crippen molar-refractivity contribution >= 4 is 75.8 Å². The second-order valence-electron chi connectivity index (χ2n) is 6.76. The number of amides is 1. The van der Waals surface area contributed by atoms with E-state index in [1.807, 2.05) is 0 Å². The van der Waals surface area contributed by atoms with Crippen molar-refractivity contribution in [3.05, 3.63) is 94.4 Å². The number of nitrogens with zero attached hydrogens (tertiary/aromatic N) is 2. The molecule has 0 aliphatic rings. The van der Waals surface area contributed by atoms with Crippen LogP contribution in [0.3, 0.4) is 0 Å². The molecule has 13 heteroatoms. The van der Waals surface area contributed by atoms with Crippen LogP contribution in [-0.4, -0.2) is 24.2 Å². The lowest BCUT2D eigenvalue weighted by atomic mass is 10.1. The maximum Gasteiger partial charge on any atom is 0.271 e. The van der Waals surface area contributed by atoms with Crippen molar-refractivity contribution in [2.24, 2.45) is 5.10 Å². The van der Waals surface area contributed by atoms with Gasteiger partial charge in [-0.15, -0.1) is 0 Å². The zero-order valence-corrected chi connectivity index (χ0v) is 21.4. The third-order valence-electron chi connectivity index (χ3n) is 4.57. The van der Waals surface area contributed by atoms with E-state index in [-0.39, 0.29) is 48.7 Å². The summed E-state index contributed by atoms with van der Waals surface area (Å²) < 4.78 is 11.1. The number of hydrazone groups is 1. The number of carbonyl (C=O) groups is 1. The van der Waals surface area contributed by atoms with Crippen LogP contribution >= 0.6 is 58.0 Å². The number of carbonyl (C=O) groups excluding carboxylic acids is 1. The van der Waals surface area contributed by atoms with E-state index in [4.69, 9.17) is 67.5 Å². The first kappa shape index (κ1) is 26.8. The van der Waals surface area contributed by atoms with Crippen LogP contribution in [0.5, 0.6) is 11.5 Å². The largest absolute Gasteiger partial charge is 0.496 e. The third-order valence-corrected chi connectivity index (χ3v) is 6.81. The van der Waals surface area contributed by atoms with E-state index >= 15 is 0 Å². The van der Waals surface area contributed by atoms with Gasteiger partial charge in [-0.1, -0.05) is 58.0 Å². The van der Waals surface area contributed by atoms with Crippen LogP contribution in [0.15, 0.2) is 47.6 Å². The van der Waals surface area contributed by atoms with Gasteiger partial charge in [-0.2, -0.15) is 5.10 Å². The first-order valence-corrected chi connectivity index (χ1v) is 11.4. The number of nitrogens with one attached hydrogen (secondary N) is 1. The van der Waals surface area contributed by atoms with E-state index in [1.165, 1.54) is 37.6 Å². The molecule has 182 valence electrons. The molecule has 0 radical (unpaired) electrons. The monoisotopic (exact) mass is 575 g/mol. The molecular formula is C22H14Cl5N3O5. The molecule has 0 aliphatic carbocycles. The van der Waals surface area contributed by atoms with E-state index in [0.717, 1.165) is 0 Å². The SMILES string of the molecule is COc1ccc(/C=N/NC(=O)c2ccc([N+](=O)[O-])cc2)cc1COc1c(Cl)c(Cl)c(Cl)c(Cl)c1Cl. The van der Waals surface area contributed by atoms with E-state index in [0.29, 0.717) is 16.9 Å². The zero-order chi connectivity index (χ0) is 25.7. The molecule has 3 rings (SSSR count). The number of nitro benzene ring substituents is 1. The molecule has 0 bridgehead atoms. The minimum absolute atomic E-state index is 0.00865. The minimum Gasteiger partial charge on any atom is -0.496 e. The average molecular weight is 578 g/mol. The average Bonchev–Trinajstić information content (AvgIpc) is 2.86. The van der Waals surface area contributed by atoms with Gasteiger partial charge in [-0.25, -0.2) is 5.43 Å². The summed E-state index contributed by atoms with van der Waals surface area (Å²) in [6.45, 7) is -0.0201. The van der Waals surface area contributed by atoms with Gasteiger partial charge in [-0.05, 0) is 35.9 Å². The fourth-order valence-corrected chi connectivity index (χ4v) is 4.05. The van der Waals surface area contributed by atoms with Gasteiger partial charge in [0, 0.05) is 23.3 Å². The summed E-state index contributed by atoms with van der Waals surface area (Å²) >= 11 is 30.6. The summed E-state index contributed by atoms with van der Waals surface area (Å²) in [5, 5.41) is 14.7. The molecular weight excluding hydrogens is 564 g/mol. The normalized spacial score (nSPS) is 10.9. The summed E-state index contributed by atoms with van der Waals surface area (Å²) in [7, 11) is 1.49. The molecule has 0 aromatic heterocycles. The molecule has 1 N–H and O–H groups in total. The number of hydrogen-bond acceptors (Lipinski definition) is 6. The van der Waals surface area contributed by atoms with Crippen LogP contribution in [0.4, 0.5) is 5.69 Å². The number of hydrogen-bond donors (Lipinski definition) is 1. The van der Waals surface area contributed by atoms with Crippen molar-refractivity contribution in [1.29, 1.82) is 0 Å². The predicted octanol–water partition coefficient (Wildman–Crippen LogP) is 7.21. The highest BCUT2D eigenvalue weighted by molar-refractivity contribution is 6.55. The van der Waals surface area contributed by atoms with E-state index in [2.05, 4.69) is 10.5 Å². The summed E-state index contributed by atoms with van der Waals surface area (Å²) in [6.07, 6.45) is 1.40. The van der Waals surface area contributed by atoms with E-state index in [9.17, 15) is 14.9 Å². The predicted molar refractivity (Wildman–Crippen MR) is 137 cm³/mol. The molecule has 0 saturated heterocycles. The standard InChI is InChI=1S/C22H14Cl5N3O5/c1-34-15-7-2-11(9-28-29-22(31)12-3-5-14(6-4-12)30(32)33)8-13(15)10-35-21-19(26)17(24)16(23)18(25)20(21)27/h2-9H,10H2,1H3,(H,29,31)/b28-9+. The molecule has 0 aliphatic heterocycles. The lowest BCUT2D eigenvalue weighted by Gasteiger charge is -2.15. The lowest BCUT2D eigenvalue weighted by molar-refractivity contribution is -0.384. The summed E-state index contributed by atoms with van der Waals surface area (Å²) in [5.41, 5.74) is 3.66. The second-order valence-corrected chi connectivity index (χ2v) is 8.65. The van der Waals surface area contributed by atoms with Crippen LogP contribution in [-0.2, 0) is 6.61 Å². The Morgan fingerprint density at radius 1 is 1.00 bits per heavy atom. The van der Waals surface area contributed by atoms with Gasteiger partial charge in [0.2, 0.25) is 0 Å². The molecule has 0 unspecified atom stereocenters. The van der Waals surface area contributed by atoms with Crippen molar-refractivity contribution in [1.82, 2.24) is 5.43 Å². The fraction of sp³-hybridized carbons (Fsp3) is 0.0909. The van der Waals surface area contributed by atoms with Crippen LogP contribution in [0.25, 0.3) is 0 Å². The Hall–Kier alpha value is -2.75. The maximum absolute atomic E-state index is 12.2. The molecule has 0 spiro atoms. The number of benzene rings is 3. The molecule has 0 atom stereocenters. The number of methoxy groups -OCH3 is 1. The van der Waals surface area contributed by atoms with Gasteiger partial charge < -0.3 is 9.47 Å². The highest BCUT2D eigenvalue weighted by Crippen LogP contribution is 2.48. The molecule has 3 aromatic carbocycles. The van der Waals surface area contributed by atoms with Gasteiger partial charge in [0.15, 0.2) is 5.75 Å². The van der Waals surface area contributed by atoms with E-state index in [1.54, 1.807) is 18.2 Å². The van der Waals surface area contributed by atoms with Gasteiger partial charge >= 0.3 is 0 Å². The number of halogens is 5. The molecule has 0 fully saturated rings. The maximum atomic E-state index is 12.2. The highest BCUT2D eigenvalue weighted by atomic mass is 35.5. The molecule has 0 heterocycles. The number of non-ortho nitro benzene ring substituents is 1. The van der Waals surface area contributed by atoms with Crippen molar-refractivity contribution in [3.8, 4) is 11.5 Å². The minimum atomic E-state index is -0.553. The van der Waals surface area contributed by atoms with Gasteiger partial charge in [0.25, 0.3) is 11.6 Å². The molecule has 3 aromatic rings. The van der Waals surface area contributed by atoms with Crippen molar-refractivity contribution in [2.45, 2.75) is 6.61 Å². The van der Waals surface area contributed by atoms with Gasteiger partial charge in [0.1, 0.15) is 22.4 Å². The van der Waals surface area contributed by atoms with Crippen molar-refractivity contribution in [2.75, 3.05) is 7.11 Å². The topological polar surface area (TPSA) is 103 Å². The first-order chi connectivity index (χ1) is 16.6. The third kappa shape index (κ3) is 6.28. The van der Waals surface area contributed by atoms with Crippen LogP contribution in [0.2, 0.25) is 25.1 Å². The highest BCUT2D eigenvalue weighted by Gasteiger charge is 2.21. The fourth-order valence-electron chi connectivity index (χ4n) is 2.82. The van der Waals surface area contributed by atoms with Crippen molar-refractivity contribution in [3.63, 3.8) is 0 Å². The van der Waals surface area contributed by atoms with Crippen LogP contribution in [0.1, 0.15) is 21.5 Å². The Labute approximate surface area is 224 Å². The van der Waals surface area contributed by atoms with Gasteiger partial charge in [-0.3, -0.25) is 14.9 Å². The molecule has 8 nitrogen and oxygen atoms in total. The summed E-state index contributed by atoms with van der Waals surface area (Å²) in [5.74, 6) is 0.0358. The molecule has 1 amide bonds. The Kier molecular flexibility index (Phi) is 9.04. The number of ether oxygens (including phenoxy) is 2. The van der Waals surface area contributed by atoms with E-state index < -0.39 is 10.8 Å². The number of rotatable bonds is 8. The summed E-state index contributed by atoms with van der Waals surface area (Å²) in [4.78, 5) is 22.4.